The third-order valence-electron chi connectivity index (χ3n) is 3.98. The fourth-order valence-corrected chi connectivity index (χ4v) is 3.10. The van der Waals surface area contributed by atoms with Gasteiger partial charge in [0.25, 0.3) is 0 Å². The topological polar surface area (TPSA) is 40.5 Å². The first kappa shape index (κ1) is 10.3. The highest BCUT2D eigenvalue weighted by Crippen LogP contribution is 2.15. The smallest absolute Gasteiger partial charge is 0.160 e. The maximum atomic E-state index is 4.39. The summed E-state index contributed by atoms with van der Waals surface area (Å²) in [6.07, 6.45) is 7.40. The molecule has 1 saturated heterocycles. The van der Waals surface area contributed by atoms with Crippen LogP contribution in [0.4, 0.5) is 5.82 Å². The van der Waals surface area contributed by atoms with Gasteiger partial charge in [0.05, 0.1) is 0 Å². The van der Waals surface area contributed by atoms with Gasteiger partial charge in [-0.05, 0) is 31.5 Å². The molecule has 4 heterocycles. The average molecular weight is 240 g/mol. The summed E-state index contributed by atoms with van der Waals surface area (Å²) in [7, 11) is 0. The highest BCUT2D eigenvalue weighted by atomic mass is 15.1. The van der Waals surface area contributed by atoms with Crippen LogP contribution in [0.15, 0.2) is 17.3 Å². The zero-order chi connectivity index (χ0) is 11.9. The number of rotatable bonds is 2. The average Bonchev–Trinajstić information content (AvgIpc) is 3.01. The Hall–Kier alpha value is -1.68. The molecule has 1 atom stereocenters. The predicted molar refractivity (Wildman–Crippen MR) is 72.1 cm³/mol. The minimum absolute atomic E-state index is 0.781. The van der Waals surface area contributed by atoms with Gasteiger partial charge in [-0.2, -0.15) is 0 Å². The second-order valence-electron chi connectivity index (χ2n) is 5.30. The summed E-state index contributed by atoms with van der Waals surface area (Å²) < 4.78 is 0. The first-order chi connectivity index (χ1) is 8.90. The minimum atomic E-state index is 0.781. The van der Waals surface area contributed by atoms with E-state index in [0.717, 1.165) is 31.4 Å². The molecule has 0 aliphatic carbocycles. The van der Waals surface area contributed by atoms with Gasteiger partial charge in [0, 0.05) is 47.7 Å². The molecule has 0 aromatic carbocycles. The maximum absolute atomic E-state index is 4.39. The van der Waals surface area contributed by atoms with Crippen molar-refractivity contribution in [3.8, 4) is 0 Å². The van der Waals surface area contributed by atoms with Crippen LogP contribution in [-0.2, 0) is 0 Å². The lowest BCUT2D eigenvalue weighted by atomic mass is 10.1. The number of aliphatic imine (C=N–C) groups is 1. The fourth-order valence-electron chi connectivity index (χ4n) is 3.10. The van der Waals surface area contributed by atoms with E-state index in [1.165, 1.54) is 29.0 Å². The Morgan fingerprint density at radius 1 is 1.44 bits per heavy atom. The van der Waals surface area contributed by atoms with Gasteiger partial charge < -0.3 is 10.2 Å². The Bertz CT molecular complexity index is 626. The van der Waals surface area contributed by atoms with Gasteiger partial charge in [-0.1, -0.05) is 0 Å². The minimum Gasteiger partial charge on any atom is -0.372 e. The molecule has 0 bridgehead atoms. The number of nitrogens with zero attached hydrogens (tertiary/aromatic N) is 3. The molecule has 92 valence electrons. The van der Waals surface area contributed by atoms with Gasteiger partial charge in [-0.15, -0.1) is 0 Å². The fraction of sp³-hybridized carbons (Fsp3) is 0.429. The van der Waals surface area contributed by atoms with Crippen LogP contribution >= 0.6 is 0 Å². The summed E-state index contributed by atoms with van der Waals surface area (Å²) in [5, 5.41) is 5.95. The van der Waals surface area contributed by atoms with Gasteiger partial charge in [-0.25, -0.2) is 9.98 Å². The van der Waals surface area contributed by atoms with Crippen molar-refractivity contribution in [2.75, 3.05) is 26.2 Å². The van der Waals surface area contributed by atoms with E-state index in [9.17, 15) is 0 Å². The first-order valence-electron chi connectivity index (χ1n) is 6.59. The Kier molecular flexibility index (Phi) is 2.23. The first-order valence-corrected chi connectivity index (χ1v) is 6.59. The molecule has 0 saturated carbocycles. The van der Waals surface area contributed by atoms with E-state index in [-0.39, 0.29) is 0 Å². The SMILES string of the molecule is C1=Nc2nccc3c2=C1CN(CC1CCNC1)C=3. The maximum Gasteiger partial charge on any atom is 0.160 e. The van der Waals surface area contributed by atoms with Gasteiger partial charge in [-0.3, -0.25) is 0 Å². The molecule has 4 rings (SSSR count). The van der Waals surface area contributed by atoms with Crippen LogP contribution in [0, 0.1) is 5.92 Å². The molecule has 1 aromatic heterocycles. The lowest BCUT2D eigenvalue weighted by Gasteiger charge is -2.25. The van der Waals surface area contributed by atoms with E-state index in [4.69, 9.17) is 0 Å². The van der Waals surface area contributed by atoms with Gasteiger partial charge >= 0.3 is 0 Å². The quantitative estimate of drug-likeness (QED) is 0.765. The number of hydrogen-bond donors (Lipinski definition) is 1. The molecule has 1 unspecified atom stereocenters. The van der Waals surface area contributed by atoms with E-state index in [0.29, 0.717) is 0 Å². The second kappa shape index (κ2) is 3.92. The van der Waals surface area contributed by atoms with Gasteiger partial charge in [0.15, 0.2) is 5.82 Å². The standard InChI is InChI=1S/C14H16N4/c1-3-15-5-10(1)7-18-8-11-2-4-16-14-13(11)12(9-18)6-17-14/h2,4,6,8,10,15H,1,3,5,7,9H2. The molecule has 1 N–H and O–H groups in total. The summed E-state index contributed by atoms with van der Waals surface area (Å²) in [5.74, 6) is 1.67. The molecule has 1 fully saturated rings. The Labute approximate surface area is 106 Å². The number of pyridine rings is 1. The zero-order valence-electron chi connectivity index (χ0n) is 10.3. The summed E-state index contributed by atoms with van der Waals surface area (Å²) in [6, 6.07) is 2.09. The Balaban J connectivity index is 1.69. The molecule has 0 spiro atoms. The molecule has 3 aliphatic heterocycles. The van der Waals surface area contributed by atoms with Crippen LogP contribution in [-0.4, -0.2) is 42.3 Å². The highest BCUT2D eigenvalue weighted by Gasteiger charge is 2.21. The van der Waals surface area contributed by atoms with E-state index < -0.39 is 0 Å². The predicted octanol–water partition coefficient (Wildman–Crippen LogP) is -0.389. The van der Waals surface area contributed by atoms with Crippen LogP contribution in [0.25, 0.3) is 11.8 Å². The van der Waals surface area contributed by atoms with Crippen LogP contribution in [0.2, 0.25) is 0 Å². The molecule has 4 heteroatoms. The van der Waals surface area contributed by atoms with Crippen LogP contribution in [0.1, 0.15) is 6.42 Å². The van der Waals surface area contributed by atoms with E-state index in [1.807, 2.05) is 12.4 Å². The molecule has 0 radical (unpaired) electrons. The van der Waals surface area contributed by atoms with Crippen molar-refractivity contribution < 1.29 is 0 Å². The van der Waals surface area contributed by atoms with Crippen LogP contribution < -0.4 is 15.8 Å². The zero-order valence-corrected chi connectivity index (χ0v) is 10.3. The molecule has 1 aromatic rings. The molecule has 4 nitrogen and oxygen atoms in total. The van der Waals surface area contributed by atoms with Crippen LogP contribution in [0.5, 0.6) is 0 Å². The van der Waals surface area contributed by atoms with Crippen molar-refractivity contribution >= 4 is 23.8 Å². The van der Waals surface area contributed by atoms with Gasteiger partial charge in [0.2, 0.25) is 0 Å². The summed E-state index contributed by atoms with van der Waals surface area (Å²) >= 11 is 0. The number of aromatic nitrogens is 1. The van der Waals surface area contributed by atoms with Crippen molar-refractivity contribution in [3.63, 3.8) is 0 Å². The van der Waals surface area contributed by atoms with Crippen molar-refractivity contribution in [3.05, 3.63) is 22.7 Å². The monoisotopic (exact) mass is 240 g/mol. The Morgan fingerprint density at radius 2 is 2.44 bits per heavy atom. The van der Waals surface area contributed by atoms with E-state index >= 15 is 0 Å². The van der Waals surface area contributed by atoms with Crippen molar-refractivity contribution in [1.82, 2.24) is 15.2 Å². The summed E-state index contributed by atoms with van der Waals surface area (Å²) in [5.41, 5.74) is 1.32. The summed E-state index contributed by atoms with van der Waals surface area (Å²) in [6.45, 7) is 4.44. The number of nitrogens with one attached hydrogen (secondary N) is 1. The highest BCUT2D eigenvalue weighted by molar-refractivity contribution is 6.07. The largest absolute Gasteiger partial charge is 0.372 e. The summed E-state index contributed by atoms with van der Waals surface area (Å²) in [4.78, 5) is 11.1. The third kappa shape index (κ3) is 1.56. The molecule has 3 aliphatic rings. The lowest BCUT2D eigenvalue weighted by Crippen LogP contribution is -2.40. The third-order valence-corrected chi connectivity index (χ3v) is 3.98. The van der Waals surface area contributed by atoms with Crippen molar-refractivity contribution in [2.45, 2.75) is 6.42 Å². The second-order valence-corrected chi connectivity index (χ2v) is 5.30. The molecular weight excluding hydrogens is 224 g/mol. The van der Waals surface area contributed by atoms with Crippen molar-refractivity contribution in [1.29, 1.82) is 0 Å². The Morgan fingerprint density at radius 3 is 3.33 bits per heavy atom. The van der Waals surface area contributed by atoms with E-state index in [1.54, 1.807) is 0 Å². The number of hydrogen-bond acceptors (Lipinski definition) is 4. The van der Waals surface area contributed by atoms with E-state index in [2.05, 4.69) is 32.5 Å². The molecule has 0 amide bonds. The molecular formula is C14H16N4. The van der Waals surface area contributed by atoms with Crippen molar-refractivity contribution in [2.24, 2.45) is 10.9 Å². The van der Waals surface area contributed by atoms with Gasteiger partial charge in [0.1, 0.15) is 0 Å². The lowest BCUT2D eigenvalue weighted by molar-refractivity contribution is 0.374. The normalized spacial score (nSPS) is 24.3. The molecule has 18 heavy (non-hydrogen) atoms. The van der Waals surface area contributed by atoms with Crippen LogP contribution in [0.3, 0.4) is 0 Å².